The van der Waals surface area contributed by atoms with E-state index in [9.17, 15) is 0 Å². The van der Waals surface area contributed by atoms with Crippen LogP contribution in [0.5, 0.6) is 5.75 Å². The number of ether oxygens (including phenoxy) is 1. The van der Waals surface area contributed by atoms with Gasteiger partial charge < -0.3 is 15.0 Å². The van der Waals surface area contributed by atoms with Gasteiger partial charge in [-0.25, -0.2) is 0 Å². The summed E-state index contributed by atoms with van der Waals surface area (Å²) >= 11 is 0. The Morgan fingerprint density at radius 1 is 1.14 bits per heavy atom. The van der Waals surface area contributed by atoms with Gasteiger partial charge in [-0.05, 0) is 24.5 Å². The van der Waals surface area contributed by atoms with Gasteiger partial charge in [0.1, 0.15) is 5.75 Å². The molecule has 2 N–H and O–H groups in total. The Balaban J connectivity index is 1.56. The molecule has 1 aliphatic heterocycles. The minimum atomic E-state index is -0.449. The van der Waals surface area contributed by atoms with Crippen LogP contribution < -0.4 is 10.5 Å². The van der Waals surface area contributed by atoms with Gasteiger partial charge in [-0.15, -0.1) is 0 Å². The number of para-hydroxylation sites is 1. The zero-order valence-electron chi connectivity index (χ0n) is 11.9. The van der Waals surface area contributed by atoms with Gasteiger partial charge in [0.25, 0.3) is 0 Å². The average Bonchev–Trinajstić information content (AvgIpc) is 3.15. The van der Waals surface area contributed by atoms with Gasteiger partial charge in [0.2, 0.25) is 11.7 Å². The molecule has 0 bridgehead atoms. The summed E-state index contributed by atoms with van der Waals surface area (Å²) in [6.45, 7) is 0. The maximum atomic E-state index is 6.44. The minimum absolute atomic E-state index is 0.160. The maximum Gasteiger partial charge on any atom is 0.246 e. The second-order valence-electron chi connectivity index (χ2n) is 6.09. The van der Waals surface area contributed by atoms with Crippen LogP contribution in [-0.4, -0.2) is 10.1 Å². The van der Waals surface area contributed by atoms with E-state index in [-0.39, 0.29) is 6.10 Å². The second kappa shape index (κ2) is 4.84. The fraction of sp³-hybridized carbons (Fsp3) is 0.500. The summed E-state index contributed by atoms with van der Waals surface area (Å²) in [5, 5.41) is 4.11. The van der Waals surface area contributed by atoms with Crippen LogP contribution in [0.3, 0.4) is 0 Å². The van der Waals surface area contributed by atoms with Crippen LogP contribution in [0.15, 0.2) is 28.8 Å². The molecule has 0 radical (unpaired) electrons. The van der Waals surface area contributed by atoms with Gasteiger partial charge in [-0.2, -0.15) is 4.98 Å². The Labute approximate surface area is 123 Å². The van der Waals surface area contributed by atoms with Gasteiger partial charge >= 0.3 is 0 Å². The Kier molecular flexibility index (Phi) is 2.96. The molecule has 0 spiro atoms. The predicted molar refractivity (Wildman–Crippen MR) is 76.8 cm³/mol. The topological polar surface area (TPSA) is 74.2 Å². The van der Waals surface area contributed by atoms with E-state index in [0.29, 0.717) is 11.7 Å². The molecule has 21 heavy (non-hydrogen) atoms. The Bertz CT molecular complexity index is 621. The molecule has 110 valence electrons. The average molecular weight is 285 g/mol. The molecule has 1 atom stereocenters. The highest BCUT2D eigenvalue weighted by molar-refractivity contribution is 5.37. The third-order valence-corrected chi connectivity index (χ3v) is 4.55. The van der Waals surface area contributed by atoms with E-state index in [0.717, 1.165) is 37.9 Å². The number of benzene rings is 1. The number of nitrogens with two attached hydrogens (primary N) is 1. The molecule has 1 unspecified atom stereocenters. The first-order valence-electron chi connectivity index (χ1n) is 7.62. The molecule has 2 aromatic rings. The summed E-state index contributed by atoms with van der Waals surface area (Å²) < 4.78 is 11.4. The first-order valence-corrected chi connectivity index (χ1v) is 7.62. The maximum absolute atomic E-state index is 6.44. The molecule has 0 amide bonds. The summed E-state index contributed by atoms with van der Waals surface area (Å²) in [7, 11) is 0. The molecule has 5 heteroatoms. The highest BCUT2D eigenvalue weighted by atomic mass is 16.5. The van der Waals surface area contributed by atoms with Crippen LogP contribution in [0.25, 0.3) is 0 Å². The zero-order chi connectivity index (χ0) is 14.3. The number of hydrogen-bond donors (Lipinski definition) is 1. The normalized spacial score (nSPS) is 23.6. The van der Waals surface area contributed by atoms with Crippen molar-refractivity contribution in [3.63, 3.8) is 0 Å². The molecular weight excluding hydrogens is 266 g/mol. The van der Waals surface area contributed by atoms with Crippen molar-refractivity contribution in [3.8, 4) is 5.75 Å². The lowest BCUT2D eigenvalue weighted by atomic mass is 9.82. The SMILES string of the molecule is NC1(c2nc(C3Cc4ccccc4O3)no2)CCCCC1. The van der Waals surface area contributed by atoms with Crippen LogP contribution in [-0.2, 0) is 12.0 Å². The van der Waals surface area contributed by atoms with Crippen molar-refractivity contribution >= 4 is 0 Å². The third-order valence-electron chi connectivity index (χ3n) is 4.55. The number of hydrogen-bond acceptors (Lipinski definition) is 5. The summed E-state index contributed by atoms with van der Waals surface area (Å²) in [6, 6.07) is 8.03. The number of rotatable bonds is 2. The first-order chi connectivity index (χ1) is 10.2. The quantitative estimate of drug-likeness (QED) is 0.918. The smallest absolute Gasteiger partial charge is 0.246 e. The van der Waals surface area contributed by atoms with Crippen molar-refractivity contribution in [2.75, 3.05) is 0 Å². The van der Waals surface area contributed by atoms with Crippen molar-refractivity contribution in [2.24, 2.45) is 5.73 Å². The number of aromatic nitrogens is 2. The Hall–Kier alpha value is -1.88. The lowest BCUT2D eigenvalue weighted by molar-refractivity contribution is 0.210. The highest BCUT2D eigenvalue weighted by Crippen LogP contribution is 2.37. The zero-order valence-corrected chi connectivity index (χ0v) is 11.9. The second-order valence-corrected chi connectivity index (χ2v) is 6.09. The van der Waals surface area contributed by atoms with Gasteiger partial charge in [0, 0.05) is 6.42 Å². The van der Waals surface area contributed by atoms with Gasteiger partial charge in [-0.1, -0.05) is 42.6 Å². The summed E-state index contributed by atoms with van der Waals surface area (Å²) in [5.41, 5.74) is 7.18. The highest BCUT2D eigenvalue weighted by Gasteiger charge is 2.37. The molecule has 2 aliphatic rings. The van der Waals surface area contributed by atoms with Gasteiger partial charge in [0.15, 0.2) is 6.10 Å². The van der Waals surface area contributed by atoms with Crippen LogP contribution in [0.2, 0.25) is 0 Å². The van der Waals surface area contributed by atoms with E-state index < -0.39 is 5.54 Å². The van der Waals surface area contributed by atoms with E-state index >= 15 is 0 Å². The van der Waals surface area contributed by atoms with Crippen molar-refractivity contribution < 1.29 is 9.26 Å². The molecule has 0 saturated heterocycles. The van der Waals surface area contributed by atoms with Crippen molar-refractivity contribution in [2.45, 2.75) is 50.2 Å². The van der Waals surface area contributed by atoms with Gasteiger partial charge in [-0.3, -0.25) is 0 Å². The van der Waals surface area contributed by atoms with E-state index in [1.807, 2.05) is 18.2 Å². The van der Waals surface area contributed by atoms with Crippen LogP contribution in [0, 0.1) is 0 Å². The molecule has 1 aliphatic carbocycles. The molecule has 4 rings (SSSR count). The fourth-order valence-electron chi connectivity index (χ4n) is 3.29. The van der Waals surface area contributed by atoms with E-state index in [4.69, 9.17) is 15.0 Å². The Morgan fingerprint density at radius 3 is 2.76 bits per heavy atom. The number of fused-ring (bicyclic) bond motifs is 1. The fourth-order valence-corrected chi connectivity index (χ4v) is 3.29. The van der Waals surface area contributed by atoms with Gasteiger partial charge in [0.05, 0.1) is 5.54 Å². The largest absolute Gasteiger partial charge is 0.482 e. The molecule has 1 saturated carbocycles. The van der Waals surface area contributed by atoms with Crippen molar-refractivity contribution in [1.82, 2.24) is 10.1 Å². The molecular formula is C16H19N3O2. The molecule has 1 aromatic carbocycles. The predicted octanol–water partition coefficient (Wildman–Crippen LogP) is 2.86. The molecule has 1 aromatic heterocycles. The van der Waals surface area contributed by atoms with Crippen LogP contribution >= 0.6 is 0 Å². The number of nitrogens with zero attached hydrogens (tertiary/aromatic N) is 2. The standard InChI is InChI=1S/C16H19N3O2/c17-16(8-4-1-5-9-16)15-18-14(19-21-15)13-10-11-6-2-3-7-12(11)20-13/h2-3,6-7,13H,1,4-5,8-10,17H2. The lowest BCUT2D eigenvalue weighted by Crippen LogP contribution is -2.39. The Morgan fingerprint density at radius 2 is 1.95 bits per heavy atom. The van der Waals surface area contributed by atoms with E-state index in [1.165, 1.54) is 12.0 Å². The van der Waals surface area contributed by atoms with Crippen molar-refractivity contribution in [1.29, 1.82) is 0 Å². The van der Waals surface area contributed by atoms with Crippen LogP contribution in [0.4, 0.5) is 0 Å². The molecule has 5 nitrogen and oxygen atoms in total. The monoisotopic (exact) mass is 285 g/mol. The third kappa shape index (κ3) is 2.21. The lowest BCUT2D eigenvalue weighted by Gasteiger charge is -2.29. The van der Waals surface area contributed by atoms with E-state index in [1.54, 1.807) is 0 Å². The molecule has 1 fully saturated rings. The van der Waals surface area contributed by atoms with Crippen molar-refractivity contribution in [3.05, 3.63) is 41.5 Å². The minimum Gasteiger partial charge on any atom is -0.482 e. The first kappa shape index (κ1) is 12.8. The summed E-state index contributed by atoms with van der Waals surface area (Å²) in [4.78, 5) is 4.54. The summed E-state index contributed by atoms with van der Waals surface area (Å²) in [5.74, 6) is 2.09. The summed E-state index contributed by atoms with van der Waals surface area (Å²) in [6.07, 6.45) is 5.94. The van der Waals surface area contributed by atoms with E-state index in [2.05, 4.69) is 16.2 Å². The van der Waals surface area contributed by atoms with Crippen LogP contribution in [0.1, 0.15) is 55.5 Å². The molecule has 2 heterocycles.